The molecule has 0 amide bonds. The summed E-state index contributed by atoms with van der Waals surface area (Å²) < 4.78 is 15.8. The first-order chi connectivity index (χ1) is 9.69. The van der Waals surface area contributed by atoms with Crippen molar-refractivity contribution in [2.45, 2.75) is 4.83 Å². The Balaban J connectivity index is 2.29. The minimum absolute atomic E-state index is 0.0909. The molecule has 2 rings (SSSR count). The molecule has 1 atom stereocenters. The Labute approximate surface area is 127 Å². The molecular formula is C16H17BrO3. The van der Waals surface area contributed by atoms with Gasteiger partial charge >= 0.3 is 0 Å². The van der Waals surface area contributed by atoms with Crippen molar-refractivity contribution in [2.24, 2.45) is 0 Å². The van der Waals surface area contributed by atoms with Crippen molar-refractivity contribution >= 4 is 15.9 Å². The van der Waals surface area contributed by atoms with E-state index in [0.717, 1.165) is 28.4 Å². The topological polar surface area (TPSA) is 27.7 Å². The zero-order chi connectivity index (χ0) is 14.5. The van der Waals surface area contributed by atoms with Gasteiger partial charge in [0.1, 0.15) is 5.75 Å². The summed E-state index contributed by atoms with van der Waals surface area (Å²) in [6.45, 7) is 0. The number of alkyl halides is 1. The van der Waals surface area contributed by atoms with Crippen molar-refractivity contribution in [1.29, 1.82) is 0 Å². The van der Waals surface area contributed by atoms with Gasteiger partial charge in [0.15, 0.2) is 11.5 Å². The van der Waals surface area contributed by atoms with E-state index < -0.39 is 0 Å². The lowest BCUT2D eigenvalue weighted by Gasteiger charge is -2.14. The Kier molecular flexibility index (Phi) is 4.90. The number of hydrogen-bond donors (Lipinski definition) is 0. The molecule has 2 aromatic carbocycles. The van der Waals surface area contributed by atoms with Crippen molar-refractivity contribution < 1.29 is 14.2 Å². The average Bonchev–Trinajstić information content (AvgIpc) is 2.53. The molecule has 0 aliphatic carbocycles. The Morgan fingerprint density at radius 1 is 0.750 bits per heavy atom. The maximum absolute atomic E-state index is 5.33. The number of halogens is 1. The molecule has 0 N–H and O–H groups in total. The quantitative estimate of drug-likeness (QED) is 0.766. The summed E-state index contributed by atoms with van der Waals surface area (Å²) in [6, 6.07) is 13.9. The second kappa shape index (κ2) is 6.66. The number of hydrogen-bond acceptors (Lipinski definition) is 3. The molecule has 4 heteroatoms. The van der Waals surface area contributed by atoms with Crippen LogP contribution in [0.15, 0.2) is 42.5 Å². The van der Waals surface area contributed by atoms with Crippen molar-refractivity contribution in [2.75, 3.05) is 21.3 Å². The number of rotatable bonds is 5. The maximum Gasteiger partial charge on any atom is 0.161 e. The third-order valence-corrected chi connectivity index (χ3v) is 4.17. The van der Waals surface area contributed by atoms with Gasteiger partial charge in [0.25, 0.3) is 0 Å². The Bertz CT molecular complexity index is 566. The van der Waals surface area contributed by atoms with E-state index in [9.17, 15) is 0 Å². The SMILES string of the molecule is COc1ccc(C(Br)c2ccc(OC)c(OC)c2)cc1. The van der Waals surface area contributed by atoms with Crippen LogP contribution >= 0.6 is 15.9 Å². The van der Waals surface area contributed by atoms with Gasteiger partial charge in [-0.1, -0.05) is 34.1 Å². The van der Waals surface area contributed by atoms with Gasteiger partial charge in [0.2, 0.25) is 0 Å². The molecule has 3 nitrogen and oxygen atoms in total. The van der Waals surface area contributed by atoms with Gasteiger partial charge in [-0.05, 0) is 35.4 Å². The highest BCUT2D eigenvalue weighted by Crippen LogP contribution is 2.36. The van der Waals surface area contributed by atoms with Gasteiger partial charge in [-0.3, -0.25) is 0 Å². The molecule has 0 heterocycles. The van der Waals surface area contributed by atoms with Gasteiger partial charge < -0.3 is 14.2 Å². The van der Waals surface area contributed by atoms with E-state index in [-0.39, 0.29) is 4.83 Å². The Hall–Kier alpha value is -1.68. The molecule has 106 valence electrons. The fourth-order valence-corrected chi connectivity index (χ4v) is 2.57. The van der Waals surface area contributed by atoms with E-state index in [2.05, 4.69) is 15.9 Å². The predicted molar refractivity (Wildman–Crippen MR) is 83.3 cm³/mol. The van der Waals surface area contributed by atoms with Crippen LogP contribution in [0, 0.1) is 0 Å². The van der Waals surface area contributed by atoms with Crippen molar-refractivity contribution in [3.63, 3.8) is 0 Å². The number of benzene rings is 2. The van der Waals surface area contributed by atoms with Gasteiger partial charge in [0, 0.05) is 0 Å². The molecule has 0 fully saturated rings. The third-order valence-electron chi connectivity index (χ3n) is 3.11. The largest absolute Gasteiger partial charge is 0.497 e. The van der Waals surface area contributed by atoms with E-state index in [1.165, 1.54) is 0 Å². The van der Waals surface area contributed by atoms with Gasteiger partial charge in [-0.25, -0.2) is 0 Å². The summed E-state index contributed by atoms with van der Waals surface area (Å²) in [5.41, 5.74) is 2.26. The van der Waals surface area contributed by atoms with Crippen LogP contribution in [0.3, 0.4) is 0 Å². The zero-order valence-corrected chi connectivity index (χ0v) is 13.3. The monoisotopic (exact) mass is 336 g/mol. The van der Waals surface area contributed by atoms with Gasteiger partial charge in [0.05, 0.1) is 26.2 Å². The lowest BCUT2D eigenvalue weighted by Crippen LogP contribution is -1.96. The highest BCUT2D eigenvalue weighted by molar-refractivity contribution is 9.09. The molecule has 0 bridgehead atoms. The highest BCUT2D eigenvalue weighted by atomic mass is 79.9. The molecule has 0 aromatic heterocycles. The van der Waals surface area contributed by atoms with Gasteiger partial charge in [-0.15, -0.1) is 0 Å². The highest BCUT2D eigenvalue weighted by Gasteiger charge is 2.13. The van der Waals surface area contributed by atoms with Crippen molar-refractivity contribution in [3.05, 3.63) is 53.6 Å². The van der Waals surface area contributed by atoms with Crippen LogP contribution in [-0.2, 0) is 0 Å². The fourth-order valence-electron chi connectivity index (χ4n) is 1.98. The molecule has 0 spiro atoms. The van der Waals surface area contributed by atoms with Crippen LogP contribution in [0.5, 0.6) is 17.2 Å². The van der Waals surface area contributed by atoms with Crippen LogP contribution in [0.4, 0.5) is 0 Å². The Morgan fingerprint density at radius 2 is 1.35 bits per heavy atom. The first-order valence-electron chi connectivity index (χ1n) is 6.19. The van der Waals surface area contributed by atoms with Crippen LogP contribution in [0.25, 0.3) is 0 Å². The minimum Gasteiger partial charge on any atom is -0.497 e. The normalized spacial score (nSPS) is 11.8. The smallest absolute Gasteiger partial charge is 0.161 e. The lowest BCUT2D eigenvalue weighted by molar-refractivity contribution is 0.354. The molecule has 0 saturated carbocycles. The predicted octanol–water partition coefficient (Wildman–Crippen LogP) is 4.20. The van der Waals surface area contributed by atoms with Crippen LogP contribution in [-0.4, -0.2) is 21.3 Å². The summed E-state index contributed by atoms with van der Waals surface area (Å²) in [7, 11) is 4.93. The van der Waals surface area contributed by atoms with Crippen LogP contribution in [0.2, 0.25) is 0 Å². The third kappa shape index (κ3) is 3.07. The van der Waals surface area contributed by atoms with E-state index in [0.29, 0.717) is 0 Å². The van der Waals surface area contributed by atoms with Crippen LogP contribution in [0.1, 0.15) is 16.0 Å². The summed E-state index contributed by atoms with van der Waals surface area (Å²) >= 11 is 3.71. The summed E-state index contributed by atoms with van der Waals surface area (Å²) in [5, 5.41) is 0. The van der Waals surface area contributed by atoms with E-state index in [1.807, 2.05) is 42.5 Å². The molecule has 2 aromatic rings. The summed E-state index contributed by atoms with van der Waals surface area (Å²) in [6.07, 6.45) is 0. The molecular weight excluding hydrogens is 320 g/mol. The van der Waals surface area contributed by atoms with Crippen molar-refractivity contribution in [3.8, 4) is 17.2 Å². The van der Waals surface area contributed by atoms with Crippen molar-refractivity contribution in [1.82, 2.24) is 0 Å². The second-order valence-electron chi connectivity index (χ2n) is 4.25. The summed E-state index contributed by atoms with van der Waals surface area (Å²) in [5.74, 6) is 2.30. The number of methoxy groups -OCH3 is 3. The molecule has 0 saturated heterocycles. The lowest BCUT2D eigenvalue weighted by atomic mass is 10.0. The first-order valence-corrected chi connectivity index (χ1v) is 7.11. The molecule has 1 unspecified atom stereocenters. The number of ether oxygens (including phenoxy) is 3. The second-order valence-corrected chi connectivity index (χ2v) is 5.17. The maximum atomic E-state index is 5.33. The molecule has 20 heavy (non-hydrogen) atoms. The van der Waals surface area contributed by atoms with Crippen LogP contribution < -0.4 is 14.2 Å². The summed E-state index contributed by atoms with van der Waals surface area (Å²) in [4.78, 5) is 0.0909. The molecule has 0 aliphatic rings. The fraction of sp³-hybridized carbons (Fsp3) is 0.250. The Morgan fingerprint density at radius 3 is 1.90 bits per heavy atom. The van der Waals surface area contributed by atoms with E-state index >= 15 is 0 Å². The van der Waals surface area contributed by atoms with E-state index in [4.69, 9.17) is 14.2 Å². The minimum atomic E-state index is 0.0909. The molecule has 0 radical (unpaired) electrons. The zero-order valence-electron chi connectivity index (χ0n) is 11.7. The first kappa shape index (κ1) is 14.7. The standard InChI is InChI=1S/C16H17BrO3/c1-18-13-7-4-11(5-8-13)16(17)12-6-9-14(19-2)15(10-12)20-3/h4-10,16H,1-3H3. The van der Waals surface area contributed by atoms with Gasteiger partial charge in [-0.2, -0.15) is 0 Å². The molecule has 0 aliphatic heterocycles. The van der Waals surface area contributed by atoms with E-state index in [1.54, 1.807) is 21.3 Å². The average molecular weight is 337 g/mol.